The zero-order valence-electron chi connectivity index (χ0n) is 9.06. The number of carbonyl (C=O) groups excluding carboxylic acids is 2. The fraction of sp³-hybridized carbons (Fsp3) is 0.800. The fourth-order valence-electron chi connectivity index (χ4n) is 1.05. The van der Waals surface area contributed by atoms with Crippen LogP contribution in [0.2, 0.25) is 0 Å². The third-order valence-corrected chi connectivity index (χ3v) is 1.75. The van der Waals surface area contributed by atoms with Crippen molar-refractivity contribution in [2.24, 2.45) is 0 Å². The van der Waals surface area contributed by atoms with E-state index < -0.39 is 0 Å². The van der Waals surface area contributed by atoms with Crippen LogP contribution in [0.3, 0.4) is 0 Å². The predicted octanol–water partition coefficient (Wildman–Crippen LogP) is 0.819. The Hall–Kier alpha value is -1.06. The second kappa shape index (κ2) is 8.53. The highest BCUT2D eigenvalue weighted by Crippen LogP contribution is 1.95. The van der Waals surface area contributed by atoms with Crippen molar-refractivity contribution in [3.05, 3.63) is 0 Å². The van der Waals surface area contributed by atoms with Crippen molar-refractivity contribution in [1.29, 1.82) is 0 Å². The Balaban J connectivity index is 3.34. The zero-order valence-corrected chi connectivity index (χ0v) is 9.06. The Kier molecular flexibility index (Phi) is 7.89. The minimum absolute atomic E-state index is 0.0239. The highest BCUT2D eigenvalue weighted by molar-refractivity contribution is 5.78. The van der Waals surface area contributed by atoms with Gasteiger partial charge in [-0.15, -0.1) is 0 Å². The van der Waals surface area contributed by atoms with Crippen LogP contribution in [0.4, 0.5) is 0 Å². The van der Waals surface area contributed by atoms with Crippen molar-refractivity contribution < 1.29 is 9.59 Å². The highest BCUT2D eigenvalue weighted by atomic mass is 16.2. The third-order valence-electron chi connectivity index (χ3n) is 1.75. The van der Waals surface area contributed by atoms with Crippen molar-refractivity contribution in [3.8, 4) is 0 Å². The van der Waals surface area contributed by atoms with E-state index in [9.17, 15) is 9.59 Å². The van der Waals surface area contributed by atoms with E-state index in [1.807, 2.05) is 13.8 Å². The molecule has 0 bridgehead atoms. The number of amides is 2. The summed E-state index contributed by atoms with van der Waals surface area (Å²) in [6, 6.07) is 0. The molecule has 0 aliphatic rings. The van der Waals surface area contributed by atoms with Gasteiger partial charge in [-0.2, -0.15) is 0 Å². The van der Waals surface area contributed by atoms with Gasteiger partial charge in [-0.25, -0.2) is 0 Å². The maximum atomic E-state index is 11.1. The number of nitrogens with one attached hydrogen (secondary N) is 2. The topological polar surface area (TPSA) is 58.2 Å². The van der Waals surface area contributed by atoms with Gasteiger partial charge in [-0.05, 0) is 19.8 Å². The summed E-state index contributed by atoms with van der Waals surface area (Å²) in [4.78, 5) is 22.1. The number of rotatable bonds is 7. The van der Waals surface area contributed by atoms with Gasteiger partial charge in [0.2, 0.25) is 11.8 Å². The summed E-state index contributed by atoms with van der Waals surface area (Å²) in [6.45, 7) is 5.27. The molecule has 4 heteroatoms. The first kappa shape index (κ1) is 12.9. The summed E-state index contributed by atoms with van der Waals surface area (Å²) < 4.78 is 0. The maximum Gasteiger partial charge on any atom is 0.220 e. The molecule has 0 aliphatic heterocycles. The second-order valence-corrected chi connectivity index (χ2v) is 3.16. The first-order chi connectivity index (χ1) is 6.70. The molecule has 0 fully saturated rings. The highest BCUT2D eigenvalue weighted by Gasteiger charge is 2.03. The second-order valence-electron chi connectivity index (χ2n) is 3.16. The molecule has 0 aliphatic carbocycles. The van der Waals surface area contributed by atoms with Gasteiger partial charge in [0.25, 0.3) is 0 Å². The van der Waals surface area contributed by atoms with Gasteiger partial charge in [0.05, 0.1) is 0 Å². The minimum Gasteiger partial charge on any atom is -0.356 e. The average molecular weight is 200 g/mol. The van der Waals surface area contributed by atoms with E-state index in [-0.39, 0.29) is 11.8 Å². The Morgan fingerprint density at radius 2 is 1.57 bits per heavy atom. The molecule has 0 rings (SSSR count). The van der Waals surface area contributed by atoms with Crippen LogP contribution in [0.5, 0.6) is 0 Å². The standard InChI is InChI=1S/C10H20N2O2/c1-3-8-12-10(14)7-5-6-9(13)11-4-2/h3-8H2,1-2H3,(H,11,13)(H,12,14). The Bertz CT molecular complexity index is 181. The molecule has 14 heavy (non-hydrogen) atoms. The first-order valence-electron chi connectivity index (χ1n) is 5.24. The van der Waals surface area contributed by atoms with E-state index in [1.54, 1.807) is 0 Å². The quantitative estimate of drug-likeness (QED) is 0.639. The number of hydrogen-bond donors (Lipinski definition) is 2. The summed E-state index contributed by atoms with van der Waals surface area (Å²) in [5.74, 6) is 0.0620. The molecule has 4 nitrogen and oxygen atoms in total. The van der Waals surface area contributed by atoms with Gasteiger partial charge in [0.1, 0.15) is 0 Å². The summed E-state index contributed by atoms with van der Waals surface area (Å²) in [7, 11) is 0. The Morgan fingerprint density at radius 1 is 1.00 bits per heavy atom. The molecule has 2 N–H and O–H groups in total. The van der Waals surface area contributed by atoms with E-state index in [2.05, 4.69) is 10.6 Å². The van der Waals surface area contributed by atoms with Crippen LogP contribution in [0.15, 0.2) is 0 Å². The van der Waals surface area contributed by atoms with E-state index in [0.29, 0.717) is 25.8 Å². The summed E-state index contributed by atoms with van der Waals surface area (Å²) in [5, 5.41) is 5.46. The molecule has 2 amide bonds. The Morgan fingerprint density at radius 3 is 2.07 bits per heavy atom. The summed E-state index contributed by atoms with van der Waals surface area (Å²) >= 11 is 0. The van der Waals surface area contributed by atoms with Crippen molar-refractivity contribution in [2.75, 3.05) is 13.1 Å². The molecule has 0 aromatic carbocycles. The van der Waals surface area contributed by atoms with Crippen molar-refractivity contribution in [3.63, 3.8) is 0 Å². The first-order valence-corrected chi connectivity index (χ1v) is 5.24. The molecule has 0 heterocycles. The lowest BCUT2D eigenvalue weighted by Crippen LogP contribution is -2.25. The summed E-state index contributed by atoms with van der Waals surface area (Å²) in [5.41, 5.74) is 0. The van der Waals surface area contributed by atoms with Crippen LogP contribution in [0.1, 0.15) is 39.5 Å². The largest absolute Gasteiger partial charge is 0.356 e. The van der Waals surface area contributed by atoms with Gasteiger partial charge >= 0.3 is 0 Å². The summed E-state index contributed by atoms with van der Waals surface area (Å²) in [6.07, 6.45) is 2.45. The molecule has 82 valence electrons. The van der Waals surface area contributed by atoms with Crippen LogP contribution in [0.25, 0.3) is 0 Å². The molecule has 0 aromatic heterocycles. The van der Waals surface area contributed by atoms with Crippen LogP contribution >= 0.6 is 0 Å². The van der Waals surface area contributed by atoms with Gasteiger partial charge in [-0.1, -0.05) is 6.92 Å². The maximum absolute atomic E-state index is 11.1. The van der Waals surface area contributed by atoms with Crippen LogP contribution in [-0.2, 0) is 9.59 Å². The monoisotopic (exact) mass is 200 g/mol. The van der Waals surface area contributed by atoms with Crippen LogP contribution in [-0.4, -0.2) is 24.9 Å². The lowest BCUT2D eigenvalue weighted by Gasteiger charge is -2.03. The van der Waals surface area contributed by atoms with Gasteiger partial charge in [0.15, 0.2) is 0 Å². The molecule has 0 saturated heterocycles. The smallest absolute Gasteiger partial charge is 0.220 e. The molecule has 0 unspecified atom stereocenters. The average Bonchev–Trinajstić information content (AvgIpc) is 2.15. The van der Waals surface area contributed by atoms with Crippen molar-refractivity contribution >= 4 is 11.8 Å². The third kappa shape index (κ3) is 7.58. The molecular formula is C10H20N2O2. The van der Waals surface area contributed by atoms with Crippen LogP contribution in [0, 0.1) is 0 Å². The van der Waals surface area contributed by atoms with Gasteiger partial charge < -0.3 is 10.6 Å². The van der Waals surface area contributed by atoms with Gasteiger partial charge in [0, 0.05) is 25.9 Å². The minimum atomic E-state index is 0.0239. The predicted molar refractivity (Wildman–Crippen MR) is 55.8 cm³/mol. The van der Waals surface area contributed by atoms with Crippen molar-refractivity contribution in [1.82, 2.24) is 10.6 Å². The van der Waals surface area contributed by atoms with E-state index >= 15 is 0 Å². The zero-order chi connectivity index (χ0) is 10.8. The number of hydrogen-bond acceptors (Lipinski definition) is 2. The van der Waals surface area contributed by atoms with Crippen LogP contribution < -0.4 is 10.6 Å². The lowest BCUT2D eigenvalue weighted by molar-refractivity contribution is -0.122. The SMILES string of the molecule is CCCNC(=O)CCCC(=O)NCC. The van der Waals surface area contributed by atoms with E-state index in [0.717, 1.165) is 13.0 Å². The lowest BCUT2D eigenvalue weighted by atomic mass is 10.2. The molecule has 0 atom stereocenters. The fourth-order valence-corrected chi connectivity index (χ4v) is 1.05. The van der Waals surface area contributed by atoms with Crippen molar-refractivity contribution in [2.45, 2.75) is 39.5 Å². The normalized spacial score (nSPS) is 9.57. The molecular weight excluding hydrogens is 180 g/mol. The molecule has 0 spiro atoms. The van der Waals surface area contributed by atoms with E-state index in [1.165, 1.54) is 0 Å². The van der Waals surface area contributed by atoms with E-state index in [4.69, 9.17) is 0 Å². The number of carbonyl (C=O) groups is 2. The Labute approximate surface area is 85.4 Å². The van der Waals surface area contributed by atoms with Gasteiger partial charge in [-0.3, -0.25) is 9.59 Å². The molecule has 0 radical (unpaired) electrons. The molecule has 0 saturated carbocycles. The molecule has 0 aromatic rings.